The number of hydrogen-bond acceptors (Lipinski definition) is 7. The van der Waals surface area contributed by atoms with Gasteiger partial charge >= 0.3 is 0 Å². The highest BCUT2D eigenvalue weighted by Crippen LogP contribution is 2.30. The predicted molar refractivity (Wildman–Crippen MR) is 143 cm³/mol. The molecule has 1 atom stereocenters. The molecule has 0 saturated heterocycles. The molecule has 0 amide bonds. The van der Waals surface area contributed by atoms with Gasteiger partial charge in [-0.3, -0.25) is 14.3 Å². The second-order valence-electron chi connectivity index (χ2n) is 9.00. The SMILES string of the molecule is CCCCc1nc(O)c(S(=O)(=O)c2ccc(-c3ccncc3F)cc2)c(=O)n1C(CC)c1cccc(C#N)c1. The number of pyridine rings is 1. The fraction of sp³-hybridized carbons (Fsp3) is 0.241. The zero-order valence-electron chi connectivity index (χ0n) is 21.5. The topological polar surface area (TPSA) is 126 Å². The maximum Gasteiger partial charge on any atom is 0.277 e. The molecule has 0 saturated carbocycles. The normalized spacial score (nSPS) is 12.2. The Hall–Kier alpha value is -4.36. The van der Waals surface area contributed by atoms with E-state index in [1.54, 1.807) is 24.3 Å². The maximum atomic E-state index is 14.2. The average molecular weight is 547 g/mol. The van der Waals surface area contributed by atoms with Crippen LogP contribution in [0.4, 0.5) is 4.39 Å². The first-order chi connectivity index (χ1) is 18.7. The summed E-state index contributed by atoms with van der Waals surface area (Å²) in [5, 5.41) is 20.1. The summed E-state index contributed by atoms with van der Waals surface area (Å²) in [6.07, 6.45) is 4.70. The minimum absolute atomic E-state index is 0.242. The van der Waals surface area contributed by atoms with Crippen molar-refractivity contribution < 1.29 is 17.9 Å². The van der Waals surface area contributed by atoms with Crippen LogP contribution in [0.2, 0.25) is 0 Å². The highest BCUT2D eigenvalue weighted by molar-refractivity contribution is 7.91. The van der Waals surface area contributed by atoms with Crippen LogP contribution in [-0.2, 0) is 16.3 Å². The first kappa shape index (κ1) is 27.7. The molecular weight excluding hydrogens is 519 g/mol. The Morgan fingerprint density at radius 3 is 2.51 bits per heavy atom. The Kier molecular flexibility index (Phi) is 8.21. The summed E-state index contributed by atoms with van der Waals surface area (Å²) < 4.78 is 42.8. The van der Waals surface area contributed by atoms with Crippen LogP contribution in [0.3, 0.4) is 0 Å². The van der Waals surface area contributed by atoms with Gasteiger partial charge in [0, 0.05) is 18.2 Å². The standard InChI is InChI=1S/C29H27FN4O4S/c1-3-5-9-26-33-28(35)27(29(36)34(26)25(4-2)21-8-6-7-19(16-21)17-31)39(37,38)22-12-10-20(11-13-22)23-14-15-32-18-24(23)30/h6-8,10-16,18,25,35H,3-5,9H2,1-2H3. The molecule has 0 fully saturated rings. The lowest BCUT2D eigenvalue weighted by Crippen LogP contribution is -2.33. The summed E-state index contributed by atoms with van der Waals surface area (Å²) in [5.74, 6) is -1.17. The van der Waals surface area contributed by atoms with E-state index >= 15 is 0 Å². The molecule has 8 nitrogen and oxygen atoms in total. The monoisotopic (exact) mass is 546 g/mol. The second kappa shape index (κ2) is 11.6. The maximum absolute atomic E-state index is 14.2. The Morgan fingerprint density at radius 1 is 1.13 bits per heavy atom. The average Bonchev–Trinajstić information content (AvgIpc) is 2.94. The van der Waals surface area contributed by atoms with E-state index in [1.807, 2.05) is 13.8 Å². The third-order valence-electron chi connectivity index (χ3n) is 6.50. The third kappa shape index (κ3) is 5.45. The van der Waals surface area contributed by atoms with Crippen LogP contribution in [-0.4, -0.2) is 28.1 Å². The van der Waals surface area contributed by atoms with Crippen LogP contribution < -0.4 is 5.56 Å². The summed E-state index contributed by atoms with van der Waals surface area (Å²) in [4.78, 5) is 20.7. The number of benzene rings is 2. The lowest BCUT2D eigenvalue weighted by Gasteiger charge is -2.23. The molecule has 0 radical (unpaired) electrons. The van der Waals surface area contributed by atoms with Crippen molar-refractivity contribution in [3.05, 3.63) is 100 Å². The van der Waals surface area contributed by atoms with Crippen molar-refractivity contribution >= 4 is 9.84 Å². The zero-order chi connectivity index (χ0) is 28.2. The van der Waals surface area contributed by atoms with Crippen LogP contribution in [0.5, 0.6) is 5.88 Å². The van der Waals surface area contributed by atoms with Gasteiger partial charge in [0.1, 0.15) is 11.6 Å². The molecule has 0 spiro atoms. The Bertz CT molecular complexity index is 1710. The summed E-state index contributed by atoms with van der Waals surface area (Å²) >= 11 is 0. The van der Waals surface area contributed by atoms with Gasteiger partial charge < -0.3 is 5.11 Å². The van der Waals surface area contributed by atoms with Gasteiger partial charge in [0.2, 0.25) is 15.7 Å². The molecule has 39 heavy (non-hydrogen) atoms. The van der Waals surface area contributed by atoms with Gasteiger partial charge in [-0.25, -0.2) is 12.8 Å². The van der Waals surface area contributed by atoms with Crippen LogP contribution in [0.25, 0.3) is 11.1 Å². The molecule has 1 N–H and O–H groups in total. The Morgan fingerprint density at radius 2 is 1.87 bits per heavy atom. The number of aromatic hydroxyl groups is 1. The van der Waals surface area contributed by atoms with E-state index in [4.69, 9.17) is 0 Å². The Labute approximate surface area is 226 Å². The number of unbranched alkanes of at least 4 members (excludes halogenated alkanes) is 1. The van der Waals surface area contributed by atoms with Crippen molar-refractivity contribution in [1.82, 2.24) is 14.5 Å². The largest absolute Gasteiger partial charge is 0.492 e. The molecule has 0 aliphatic heterocycles. The number of hydrogen-bond donors (Lipinski definition) is 1. The van der Waals surface area contributed by atoms with E-state index in [9.17, 15) is 28.0 Å². The highest BCUT2D eigenvalue weighted by Gasteiger charge is 2.31. The van der Waals surface area contributed by atoms with Crippen LogP contribution >= 0.6 is 0 Å². The van der Waals surface area contributed by atoms with Crippen molar-refractivity contribution in [1.29, 1.82) is 5.26 Å². The minimum Gasteiger partial charge on any atom is -0.492 e. The van der Waals surface area contributed by atoms with Crippen molar-refractivity contribution in [2.45, 2.75) is 55.4 Å². The number of nitrogens with zero attached hydrogens (tertiary/aromatic N) is 4. The van der Waals surface area contributed by atoms with Gasteiger partial charge in [0.25, 0.3) is 5.56 Å². The first-order valence-electron chi connectivity index (χ1n) is 12.5. The van der Waals surface area contributed by atoms with Crippen LogP contribution in [0.1, 0.15) is 56.1 Å². The molecule has 0 aliphatic carbocycles. The molecule has 2 aromatic heterocycles. The number of aryl methyl sites for hydroxylation is 1. The van der Waals surface area contributed by atoms with Gasteiger partial charge in [0.05, 0.1) is 28.8 Å². The fourth-order valence-corrected chi connectivity index (χ4v) is 5.88. The van der Waals surface area contributed by atoms with Crippen molar-refractivity contribution in [2.24, 2.45) is 0 Å². The number of nitriles is 1. The van der Waals surface area contributed by atoms with Gasteiger partial charge in [-0.15, -0.1) is 0 Å². The van der Waals surface area contributed by atoms with Gasteiger partial charge in [-0.05, 0) is 54.3 Å². The van der Waals surface area contributed by atoms with E-state index in [-0.39, 0.29) is 16.3 Å². The molecule has 2 aromatic carbocycles. The molecule has 1 unspecified atom stereocenters. The van der Waals surface area contributed by atoms with E-state index in [2.05, 4.69) is 16.0 Å². The predicted octanol–water partition coefficient (Wildman–Crippen LogP) is 5.20. The molecule has 0 aliphatic rings. The van der Waals surface area contributed by atoms with E-state index in [0.29, 0.717) is 36.0 Å². The fourth-order valence-electron chi connectivity index (χ4n) is 4.54. The summed E-state index contributed by atoms with van der Waals surface area (Å²) in [6, 6.07) is 15.1. The number of aromatic nitrogens is 3. The summed E-state index contributed by atoms with van der Waals surface area (Å²) in [5.41, 5.74) is 0.820. The lowest BCUT2D eigenvalue weighted by atomic mass is 10.0. The van der Waals surface area contributed by atoms with E-state index < -0.39 is 38.0 Å². The molecule has 4 rings (SSSR count). The van der Waals surface area contributed by atoms with Crippen molar-refractivity contribution in [3.8, 4) is 23.1 Å². The molecule has 10 heteroatoms. The molecule has 2 heterocycles. The highest BCUT2D eigenvalue weighted by atomic mass is 32.2. The minimum atomic E-state index is -4.51. The van der Waals surface area contributed by atoms with Gasteiger partial charge in [-0.2, -0.15) is 10.2 Å². The molecule has 0 bridgehead atoms. The van der Waals surface area contributed by atoms with Crippen LogP contribution in [0.15, 0.2) is 81.6 Å². The zero-order valence-corrected chi connectivity index (χ0v) is 22.3. The van der Waals surface area contributed by atoms with Crippen LogP contribution in [0, 0.1) is 17.1 Å². The van der Waals surface area contributed by atoms with Gasteiger partial charge in [0.15, 0.2) is 4.90 Å². The molecule has 4 aromatic rings. The number of halogens is 1. The van der Waals surface area contributed by atoms with E-state index in [0.717, 1.165) is 12.6 Å². The van der Waals surface area contributed by atoms with E-state index in [1.165, 1.54) is 41.1 Å². The molecular formula is C29H27FN4O4S. The number of sulfone groups is 1. The quantitative estimate of drug-likeness (QED) is 0.306. The summed E-state index contributed by atoms with van der Waals surface area (Å²) in [7, 11) is -4.51. The van der Waals surface area contributed by atoms with Crippen molar-refractivity contribution in [2.75, 3.05) is 0 Å². The Balaban J connectivity index is 1.88. The third-order valence-corrected chi connectivity index (χ3v) is 8.29. The first-order valence-corrected chi connectivity index (χ1v) is 14.0. The lowest BCUT2D eigenvalue weighted by molar-refractivity contribution is 0.406. The van der Waals surface area contributed by atoms with Gasteiger partial charge in [-0.1, -0.05) is 44.5 Å². The smallest absolute Gasteiger partial charge is 0.277 e. The second-order valence-corrected chi connectivity index (χ2v) is 10.9. The molecule has 200 valence electrons. The summed E-state index contributed by atoms with van der Waals surface area (Å²) in [6.45, 7) is 3.81. The number of rotatable bonds is 9. The van der Waals surface area contributed by atoms with Crippen molar-refractivity contribution in [3.63, 3.8) is 0 Å².